The molecule has 2 amide bonds. The van der Waals surface area contributed by atoms with Crippen LogP contribution in [0.1, 0.15) is 40.0 Å². The fourth-order valence-corrected chi connectivity index (χ4v) is 2.30. The van der Waals surface area contributed by atoms with Crippen LogP contribution in [0.3, 0.4) is 0 Å². The molecule has 2 atom stereocenters. The van der Waals surface area contributed by atoms with Crippen LogP contribution in [0.4, 0.5) is 4.79 Å². The zero-order valence-corrected chi connectivity index (χ0v) is 10.4. The predicted molar refractivity (Wildman–Crippen MR) is 61.6 cm³/mol. The lowest BCUT2D eigenvalue weighted by atomic mass is 9.95. The van der Waals surface area contributed by atoms with Gasteiger partial charge in [-0.1, -0.05) is 0 Å². The van der Waals surface area contributed by atoms with Gasteiger partial charge in [0.25, 0.3) is 0 Å². The quantitative estimate of drug-likeness (QED) is 0.684. The Bertz CT molecular complexity index is 324. The molecule has 0 aliphatic heterocycles. The third-order valence-electron chi connectivity index (χ3n) is 2.77. The molecule has 0 radical (unpaired) electrons. The van der Waals surface area contributed by atoms with Gasteiger partial charge < -0.3 is 20.9 Å². The molecule has 0 bridgehead atoms. The second-order valence-corrected chi connectivity index (χ2v) is 5.36. The van der Waals surface area contributed by atoms with Crippen LogP contribution in [0.2, 0.25) is 0 Å². The van der Waals surface area contributed by atoms with E-state index in [2.05, 4.69) is 5.32 Å². The monoisotopic (exact) mass is 244 g/mol. The number of hydrogen-bond donors (Lipinski definition) is 3. The summed E-state index contributed by atoms with van der Waals surface area (Å²) in [6.07, 6.45) is 1.63. The first-order chi connectivity index (χ1) is 7.67. The van der Waals surface area contributed by atoms with Crippen molar-refractivity contribution >= 4 is 12.0 Å². The molecule has 17 heavy (non-hydrogen) atoms. The normalized spacial score (nSPS) is 29.0. The number of carbonyl (C=O) groups excluding carboxylic acids is 1. The van der Waals surface area contributed by atoms with Gasteiger partial charge in [-0.15, -0.1) is 0 Å². The molecule has 0 spiro atoms. The average Bonchev–Trinajstić information content (AvgIpc) is 2.45. The molecule has 98 valence electrons. The summed E-state index contributed by atoms with van der Waals surface area (Å²) < 4.78 is 5.69. The van der Waals surface area contributed by atoms with Gasteiger partial charge in [-0.3, -0.25) is 0 Å². The Morgan fingerprint density at radius 1 is 1.47 bits per heavy atom. The smallest absolute Gasteiger partial charge is 0.338 e. The zero-order valence-electron chi connectivity index (χ0n) is 10.4. The number of nitrogens with one attached hydrogen (secondary N) is 1. The first kappa shape index (κ1) is 13.8. The number of ether oxygens (including phenoxy) is 1. The van der Waals surface area contributed by atoms with E-state index >= 15 is 0 Å². The summed E-state index contributed by atoms with van der Waals surface area (Å²) in [6, 6.07) is -1.29. The largest absolute Gasteiger partial charge is 0.479 e. The summed E-state index contributed by atoms with van der Waals surface area (Å²) in [6.45, 7) is 5.37. The summed E-state index contributed by atoms with van der Waals surface area (Å²) in [5, 5.41) is 11.9. The van der Waals surface area contributed by atoms with Crippen LogP contribution in [-0.4, -0.2) is 34.4 Å². The van der Waals surface area contributed by atoms with Crippen LogP contribution in [0.5, 0.6) is 0 Å². The molecule has 0 saturated heterocycles. The Balaban J connectivity index is 2.97. The van der Waals surface area contributed by atoms with Crippen molar-refractivity contribution in [3.8, 4) is 0 Å². The van der Waals surface area contributed by atoms with E-state index in [9.17, 15) is 14.7 Å². The maximum Gasteiger partial charge on any atom is 0.338 e. The minimum atomic E-state index is -1.37. The molecule has 6 nitrogen and oxygen atoms in total. The Hall–Kier alpha value is -1.30. The number of carboxylic acid groups (broad SMARTS) is 1. The summed E-state index contributed by atoms with van der Waals surface area (Å²) >= 11 is 0. The van der Waals surface area contributed by atoms with E-state index in [1.807, 2.05) is 0 Å². The van der Waals surface area contributed by atoms with Crippen LogP contribution < -0.4 is 11.1 Å². The molecular weight excluding hydrogens is 224 g/mol. The molecule has 0 aromatic heterocycles. The number of amides is 2. The lowest BCUT2D eigenvalue weighted by Gasteiger charge is -2.37. The minimum Gasteiger partial charge on any atom is -0.479 e. The predicted octanol–water partition coefficient (Wildman–Crippen LogP) is 0.846. The number of carboxylic acids is 1. The molecule has 0 heterocycles. The topological polar surface area (TPSA) is 102 Å². The van der Waals surface area contributed by atoms with Crippen molar-refractivity contribution in [3.63, 3.8) is 0 Å². The zero-order chi connectivity index (χ0) is 13.3. The van der Waals surface area contributed by atoms with E-state index in [4.69, 9.17) is 10.5 Å². The summed E-state index contributed by atoms with van der Waals surface area (Å²) in [5.74, 6) is -1.05. The third-order valence-corrected chi connectivity index (χ3v) is 2.77. The Morgan fingerprint density at radius 2 is 2.06 bits per heavy atom. The van der Waals surface area contributed by atoms with Crippen molar-refractivity contribution in [2.45, 2.75) is 57.3 Å². The highest BCUT2D eigenvalue weighted by atomic mass is 16.5. The summed E-state index contributed by atoms with van der Waals surface area (Å²) in [4.78, 5) is 22.4. The highest BCUT2D eigenvalue weighted by Gasteiger charge is 2.53. The van der Waals surface area contributed by atoms with Gasteiger partial charge in [-0.05, 0) is 40.0 Å². The van der Waals surface area contributed by atoms with Crippen molar-refractivity contribution in [3.05, 3.63) is 0 Å². The van der Waals surface area contributed by atoms with Crippen LogP contribution in [0.15, 0.2) is 0 Å². The molecule has 1 rings (SSSR count). The SMILES string of the molecule is CC(C)(C)OC1(C(=O)O)CCCC1NC(N)=O. The molecule has 0 aromatic rings. The van der Waals surface area contributed by atoms with Crippen LogP contribution in [0, 0.1) is 0 Å². The fraction of sp³-hybridized carbons (Fsp3) is 0.818. The third kappa shape index (κ3) is 3.09. The Kier molecular flexibility index (Phi) is 3.66. The van der Waals surface area contributed by atoms with E-state index in [0.717, 1.165) is 0 Å². The van der Waals surface area contributed by atoms with Gasteiger partial charge in [0, 0.05) is 0 Å². The van der Waals surface area contributed by atoms with E-state index in [0.29, 0.717) is 19.3 Å². The highest BCUT2D eigenvalue weighted by Crippen LogP contribution is 2.37. The average molecular weight is 244 g/mol. The van der Waals surface area contributed by atoms with Gasteiger partial charge in [0.15, 0.2) is 5.60 Å². The lowest BCUT2D eigenvalue weighted by molar-refractivity contribution is -0.187. The number of urea groups is 1. The van der Waals surface area contributed by atoms with Gasteiger partial charge in [0.2, 0.25) is 0 Å². The van der Waals surface area contributed by atoms with Gasteiger partial charge >= 0.3 is 12.0 Å². The van der Waals surface area contributed by atoms with Crippen molar-refractivity contribution in [1.29, 1.82) is 0 Å². The Labute approximate surface area is 101 Å². The number of rotatable bonds is 3. The van der Waals surface area contributed by atoms with Crippen LogP contribution >= 0.6 is 0 Å². The molecule has 4 N–H and O–H groups in total. The first-order valence-corrected chi connectivity index (χ1v) is 5.67. The van der Waals surface area contributed by atoms with Gasteiger partial charge in [-0.2, -0.15) is 0 Å². The van der Waals surface area contributed by atoms with E-state index in [-0.39, 0.29) is 0 Å². The van der Waals surface area contributed by atoms with Crippen LogP contribution in [-0.2, 0) is 9.53 Å². The van der Waals surface area contributed by atoms with Crippen molar-refractivity contribution in [2.24, 2.45) is 5.73 Å². The number of aliphatic carboxylic acids is 1. The highest BCUT2D eigenvalue weighted by molar-refractivity contribution is 5.81. The van der Waals surface area contributed by atoms with Gasteiger partial charge in [0.05, 0.1) is 11.6 Å². The Morgan fingerprint density at radius 3 is 2.47 bits per heavy atom. The molecule has 2 unspecified atom stereocenters. The number of hydrogen-bond acceptors (Lipinski definition) is 3. The summed E-state index contributed by atoms with van der Waals surface area (Å²) in [5.41, 5.74) is 3.09. The molecule has 1 fully saturated rings. The second kappa shape index (κ2) is 4.52. The molecule has 0 aromatic carbocycles. The molecular formula is C11H20N2O4. The number of carbonyl (C=O) groups is 2. The van der Waals surface area contributed by atoms with Crippen molar-refractivity contribution in [2.75, 3.05) is 0 Å². The summed E-state index contributed by atoms with van der Waals surface area (Å²) in [7, 11) is 0. The van der Waals surface area contributed by atoms with Gasteiger partial charge in [0.1, 0.15) is 0 Å². The molecule has 1 aliphatic carbocycles. The molecule has 6 heteroatoms. The standard InChI is InChI=1S/C11H20N2O4/c1-10(2,3)17-11(8(14)15)6-4-5-7(11)13-9(12)16/h7H,4-6H2,1-3H3,(H,14,15)(H3,12,13,16). The lowest BCUT2D eigenvalue weighted by Crippen LogP contribution is -2.59. The first-order valence-electron chi connectivity index (χ1n) is 5.67. The number of nitrogens with two attached hydrogens (primary N) is 1. The molecule has 1 saturated carbocycles. The maximum atomic E-state index is 11.5. The van der Waals surface area contributed by atoms with E-state index < -0.39 is 29.2 Å². The second-order valence-electron chi connectivity index (χ2n) is 5.36. The van der Waals surface area contributed by atoms with E-state index in [1.54, 1.807) is 20.8 Å². The molecule has 1 aliphatic rings. The maximum absolute atomic E-state index is 11.5. The van der Waals surface area contributed by atoms with E-state index in [1.165, 1.54) is 0 Å². The van der Waals surface area contributed by atoms with Gasteiger partial charge in [-0.25, -0.2) is 9.59 Å². The van der Waals surface area contributed by atoms with Crippen LogP contribution in [0.25, 0.3) is 0 Å². The van der Waals surface area contributed by atoms with Crippen molar-refractivity contribution < 1.29 is 19.4 Å². The fourth-order valence-electron chi connectivity index (χ4n) is 2.30. The minimum absolute atomic E-state index is 0.380. The number of primary amides is 1. The van der Waals surface area contributed by atoms with Crippen molar-refractivity contribution in [1.82, 2.24) is 5.32 Å².